The van der Waals surface area contributed by atoms with Crippen LogP contribution in [0.5, 0.6) is 0 Å². The van der Waals surface area contributed by atoms with Crippen molar-refractivity contribution in [1.29, 1.82) is 0 Å². The molecule has 1 aliphatic heterocycles. The molecule has 1 spiro atoms. The molecule has 1 atom stereocenters. The molecule has 4 rings (SSSR count). The number of hydrogen-bond acceptors (Lipinski definition) is 3. The van der Waals surface area contributed by atoms with Crippen molar-refractivity contribution in [2.45, 2.75) is 43.7 Å². The number of urea groups is 1. The van der Waals surface area contributed by atoms with Crippen LogP contribution in [0.25, 0.3) is 0 Å². The number of nitrogens with one attached hydrogen (secondary N) is 2. The van der Waals surface area contributed by atoms with E-state index in [2.05, 4.69) is 10.6 Å². The lowest BCUT2D eigenvalue weighted by Gasteiger charge is -2.59. The van der Waals surface area contributed by atoms with Crippen LogP contribution in [0, 0.1) is 5.41 Å². The topological polar surface area (TPSA) is 78.5 Å². The largest absolute Gasteiger partial charge is 0.335 e. The standard InChI is InChI=1S/C22H25Cl2N3O3S/c1-2-15-3-7-18(8-4-15)31(29,30)27-13-22(14-27)10-9-20(22)26-21(28)25-12-16-5-6-17(23)11-19(16)24/h3-8,11,20H,2,9-10,12-14H2,1H3,(H2,25,26,28). The second kappa shape index (κ2) is 8.62. The van der Waals surface area contributed by atoms with Gasteiger partial charge in [0.15, 0.2) is 0 Å². The van der Waals surface area contributed by atoms with Crippen LogP contribution in [0.1, 0.15) is 30.9 Å². The van der Waals surface area contributed by atoms with Crippen LogP contribution < -0.4 is 10.6 Å². The summed E-state index contributed by atoms with van der Waals surface area (Å²) in [5.41, 5.74) is 1.71. The van der Waals surface area contributed by atoms with E-state index in [1.54, 1.807) is 30.3 Å². The second-order valence-corrected chi connectivity index (χ2v) is 11.1. The van der Waals surface area contributed by atoms with Crippen molar-refractivity contribution in [1.82, 2.24) is 14.9 Å². The highest BCUT2D eigenvalue weighted by Crippen LogP contribution is 2.50. The molecule has 1 unspecified atom stereocenters. The fourth-order valence-corrected chi connectivity index (χ4v) is 6.33. The van der Waals surface area contributed by atoms with Gasteiger partial charge in [0.05, 0.1) is 4.90 Å². The molecule has 1 saturated heterocycles. The van der Waals surface area contributed by atoms with Crippen molar-refractivity contribution in [3.8, 4) is 0 Å². The summed E-state index contributed by atoms with van der Waals surface area (Å²) in [6.45, 7) is 3.18. The van der Waals surface area contributed by atoms with Crippen LogP contribution in [0.15, 0.2) is 47.4 Å². The van der Waals surface area contributed by atoms with Crippen LogP contribution in [0.3, 0.4) is 0 Å². The number of halogens is 2. The molecule has 31 heavy (non-hydrogen) atoms. The Morgan fingerprint density at radius 3 is 2.45 bits per heavy atom. The molecule has 2 aromatic carbocycles. The lowest BCUT2D eigenvalue weighted by molar-refractivity contribution is -0.0418. The van der Waals surface area contributed by atoms with Crippen LogP contribution in [-0.4, -0.2) is 37.9 Å². The van der Waals surface area contributed by atoms with Gasteiger partial charge in [0.2, 0.25) is 10.0 Å². The lowest BCUT2D eigenvalue weighted by atomic mass is 9.60. The van der Waals surface area contributed by atoms with E-state index in [0.29, 0.717) is 28.0 Å². The first kappa shape index (κ1) is 22.4. The van der Waals surface area contributed by atoms with Crippen molar-refractivity contribution in [2.24, 2.45) is 5.41 Å². The normalized spacial score (nSPS) is 20.0. The van der Waals surface area contributed by atoms with Crippen LogP contribution in [0.2, 0.25) is 10.0 Å². The van der Waals surface area contributed by atoms with Gasteiger partial charge in [-0.3, -0.25) is 0 Å². The molecule has 1 heterocycles. The van der Waals surface area contributed by atoms with E-state index in [9.17, 15) is 13.2 Å². The summed E-state index contributed by atoms with van der Waals surface area (Å²) in [6.07, 6.45) is 2.61. The molecular weight excluding hydrogens is 457 g/mol. The van der Waals surface area contributed by atoms with Crippen molar-refractivity contribution in [3.05, 3.63) is 63.6 Å². The zero-order valence-electron chi connectivity index (χ0n) is 17.2. The molecule has 0 radical (unpaired) electrons. The van der Waals surface area contributed by atoms with Crippen molar-refractivity contribution in [3.63, 3.8) is 0 Å². The second-order valence-electron chi connectivity index (χ2n) is 8.29. The maximum Gasteiger partial charge on any atom is 0.315 e. The van der Waals surface area contributed by atoms with E-state index in [-0.39, 0.29) is 24.0 Å². The molecule has 0 bridgehead atoms. The Hall–Kier alpha value is -1.80. The maximum absolute atomic E-state index is 12.9. The highest BCUT2D eigenvalue weighted by atomic mass is 35.5. The molecule has 1 saturated carbocycles. The van der Waals surface area contributed by atoms with Crippen molar-refractivity contribution >= 4 is 39.3 Å². The van der Waals surface area contributed by atoms with Gasteiger partial charge in [0.25, 0.3) is 0 Å². The Morgan fingerprint density at radius 2 is 1.87 bits per heavy atom. The zero-order valence-corrected chi connectivity index (χ0v) is 19.5. The van der Waals surface area contributed by atoms with Crippen LogP contribution in [-0.2, 0) is 23.0 Å². The van der Waals surface area contributed by atoms with E-state index in [4.69, 9.17) is 23.2 Å². The van der Waals surface area contributed by atoms with Gasteiger partial charge in [-0.2, -0.15) is 4.31 Å². The SMILES string of the molecule is CCc1ccc(S(=O)(=O)N2CC3(CCC3NC(=O)NCc3ccc(Cl)cc3Cl)C2)cc1. The summed E-state index contributed by atoms with van der Waals surface area (Å²) < 4.78 is 27.3. The molecular formula is C22H25Cl2N3O3S. The summed E-state index contributed by atoms with van der Waals surface area (Å²) in [6, 6.07) is 11.9. The average Bonchev–Trinajstić information content (AvgIpc) is 2.69. The molecule has 1 aliphatic carbocycles. The fraction of sp³-hybridized carbons (Fsp3) is 0.409. The predicted octanol–water partition coefficient (Wildman–Crippen LogP) is 4.21. The number of sulfonamides is 1. The van der Waals surface area contributed by atoms with E-state index < -0.39 is 10.0 Å². The van der Waals surface area contributed by atoms with Gasteiger partial charge in [0.1, 0.15) is 0 Å². The summed E-state index contributed by atoms with van der Waals surface area (Å²) in [5, 5.41) is 6.85. The highest BCUT2D eigenvalue weighted by Gasteiger charge is 2.58. The number of hydrogen-bond donors (Lipinski definition) is 2. The average molecular weight is 482 g/mol. The molecule has 2 aliphatic rings. The van der Waals surface area contributed by atoms with E-state index in [0.717, 1.165) is 30.4 Å². The van der Waals surface area contributed by atoms with Crippen molar-refractivity contribution in [2.75, 3.05) is 13.1 Å². The molecule has 2 fully saturated rings. The minimum absolute atomic E-state index is 0.0397. The van der Waals surface area contributed by atoms with Gasteiger partial charge < -0.3 is 10.6 Å². The minimum Gasteiger partial charge on any atom is -0.335 e. The Morgan fingerprint density at radius 1 is 1.16 bits per heavy atom. The quantitative estimate of drug-likeness (QED) is 0.648. The Balaban J connectivity index is 1.31. The first-order valence-corrected chi connectivity index (χ1v) is 12.5. The van der Waals surface area contributed by atoms with Gasteiger partial charge >= 0.3 is 6.03 Å². The number of benzene rings is 2. The van der Waals surface area contributed by atoms with E-state index >= 15 is 0 Å². The number of carbonyl (C=O) groups is 1. The Labute approximate surface area is 193 Å². The molecule has 166 valence electrons. The Bertz CT molecular complexity index is 1080. The molecule has 2 amide bonds. The first-order chi connectivity index (χ1) is 14.7. The number of aryl methyl sites for hydroxylation is 1. The summed E-state index contributed by atoms with van der Waals surface area (Å²) in [5.74, 6) is 0. The number of amides is 2. The smallest absolute Gasteiger partial charge is 0.315 e. The number of rotatable bonds is 6. The molecule has 2 aromatic rings. The fourth-order valence-electron chi connectivity index (χ4n) is 4.22. The zero-order chi connectivity index (χ0) is 22.2. The minimum atomic E-state index is -3.50. The van der Waals surface area contributed by atoms with Gasteiger partial charge in [-0.15, -0.1) is 0 Å². The van der Waals surface area contributed by atoms with E-state index in [1.807, 2.05) is 19.1 Å². The molecule has 9 heteroatoms. The van der Waals surface area contributed by atoms with Gasteiger partial charge in [-0.05, 0) is 54.7 Å². The summed E-state index contributed by atoms with van der Waals surface area (Å²) in [4.78, 5) is 12.7. The van der Waals surface area contributed by atoms with Crippen molar-refractivity contribution < 1.29 is 13.2 Å². The maximum atomic E-state index is 12.9. The third kappa shape index (κ3) is 4.42. The van der Waals surface area contributed by atoms with Gasteiger partial charge in [-0.1, -0.05) is 48.3 Å². The highest BCUT2D eigenvalue weighted by molar-refractivity contribution is 7.89. The van der Waals surface area contributed by atoms with Gasteiger partial charge in [0, 0.05) is 41.1 Å². The van der Waals surface area contributed by atoms with Gasteiger partial charge in [-0.25, -0.2) is 13.2 Å². The van der Waals surface area contributed by atoms with Crippen LogP contribution >= 0.6 is 23.2 Å². The first-order valence-electron chi connectivity index (χ1n) is 10.3. The molecule has 2 N–H and O–H groups in total. The number of nitrogens with zero attached hydrogens (tertiary/aromatic N) is 1. The molecule has 6 nitrogen and oxygen atoms in total. The van der Waals surface area contributed by atoms with E-state index in [1.165, 1.54) is 4.31 Å². The van der Waals surface area contributed by atoms with Crippen LogP contribution in [0.4, 0.5) is 4.79 Å². The predicted molar refractivity (Wildman–Crippen MR) is 122 cm³/mol. The lowest BCUT2D eigenvalue weighted by Crippen LogP contribution is -2.71. The Kier molecular flexibility index (Phi) is 6.23. The third-order valence-corrected chi connectivity index (χ3v) is 8.77. The summed E-state index contributed by atoms with van der Waals surface area (Å²) in [7, 11) is -3.50. The number of carbonyl (C=O) groups excluding carboxylic acids is 1. The molecule has 0 aromatic heterocycles. The summed E-state index contributed by atoms with van der Waals surface area (Å²) >= 11 is 12.0. The third-order valence-electron chi connectivity index (χ3n) is 6.38. The monoisotopic (exact) mass is 481 g/mol.